The van der Waals surface area contributed by atoms with Crippen LogP contribution in [0.15, 0.2) is 36.4 Å². The van der Waals surface area contributed by atoms with Crippen molar-refractivity contribution in [1.29, 1.82) is 0 Å². The molecule has 1 heterocycles. The zero-order valence-corrected chi connectivity index (χ0v) is 11.6. The zero-order valence-electron chi connectivity index (χ0n) is 11.6. The number of aryl methyl sites for hydroxylation is 1. The van der Waals surface area contributed by atoms with Gasteiger partial charge in [0.2, 0.25) is 0 Å². The first-order chi connectivity index (χ1) is 10.1. The molecule has 1 aliphatic heterocycles. The van der Waals surface area contributed by atoms with Crippen LogP contribution in [0.4, 0.5) is 15.8 Å². The number of rotatable bonds is 2. The molecule has 0 saturated carbocycles. The Morgan fingerprint density at radius 3 is 3.05 bits per heavy atom. The summed E-state index contributed by atoms with van der Waals surface area (Å²) in [4.78, 5) is 12.4. The highest BCUT2D eigenvalue weighted by Crippen LogP contribution is 2.31. The fourth-order valence-corrected chi connectivity index (χ4v) is 2.27. The second-order valence-corrected chi connectivity index (χ2v) is 4.89. The first kappa shape index (κ1) is 13.4. The van der Waals surface area contributed by atoms with Crippen LogP contribution in [-0.2, 0) is 0 Å². The topological polar surface area (TPSA) is 50.4 Å². The van der Waals surface area contributed by atoms with Crippen molar-refractivity contribution < 1.29 is 13.9 Å². The molecule has 2 N–H and O–H groups in total. The molecule has 0 bridgehead atoms. The first-order valence-corrected chi connectivity index (χ1v) is 6.72. The highest BCUT2D eigenvalue weighted by Gasteiger charge is 2.19. The SMILES string of the molecule is Cc1ccc(F)c(NC(=O)c2cccc3c2OCCN3)c1. The van der Waals surface area contributed by atoms with Crippen molar-refractivity contribution in [1.82, 2.24) is 0 Å². The number of anilines is 2. The number of nitrogens with one attached hydrogen (secondary N) is 2. The van der Waals surface area contributed by atoms with E-state index in [9.17, 15) is 9.18 Å². The summed E-state index contributed by atoms with van der Waals surface area (Å²) in [6.07, 6.45) is 0. The fourth-order valence-electron chi connectivity index (χ4n) is 2.27. The van der Waals surface area contributed by atoms with E-state index in [2.05, 4.69) is 10.6 Å². The van der Waals surface area contributed by atoms with Crippen LogP contribution in [0.3, 0.4) is 0 Å². The third-order valence-corrected chi connectivity index (χ3v) is 3.29. The summed E-state index contributed by atoms with van der Waals surface area (Å²) in [5.74, 6) is -0.341. The maximum Gasteiger partial charge on any atom is 0.259 e. The number of ether oxygens (including phenoxy) is 1. The molecule has 0 aliphatic carbocycles. The van der Waals surface area contributed by atoms with Gasteiger partial charge in [0.1, 0.15) is 12.4 Å². The molecule has 5 heteroatoms. The molecule has 1 aliphatic rings. The van der Waals surface area contributed by atoms with Gasteiger partial charge in [0.25, 0.3) is 5.91 Å². The normalized spacial score (nSPS) is 12.9. The molecule has 0 saturated heterocycles. The molecule has 108 valence electrons. The van der Waals surface area contributed by atoms with Crippen molar-refractivity contribution in [3.8, 4) is 5.75 Å². The number of amides is 1. The lowest BCUT2D eigenvalue weighted by Crippen LogP contribution is -2.22. The van der Waals surface area contributed by atoms with Crippen LogP contribution in [-0.4, -0.2) is 19.1 Å². The van der Waals surface area contributed by atoms with E-state index < -0.39 is 5.82 Å². The molecule has 0 unspecified atom stereocenters. The van der Waals surface area contributed by atoms with Gasteiger partial charge in [-0.05, 0) is 36.8 Å². The van der Waals surface area contributed by atoms with Gasteiger partial charge in [-0.15, -0.1) is 0 Å². The molecular weight excluding hydrogens is 271 g/mol. The summed E-state index contributed by atoms with van der Waals surface area (Å²) < 4.78 is 19.3. The van der Waals surface area contributed by atoms with Crippen LogP contribution >= 0.6 is 0 Å². The minimum Gasteiger partial charge on any atom is -0.489 e. The van der Waals surface area contributed by atoms with Gasteiger partial charge in [0.15, 0.2) is 5.75 Å². The lowest BCUT2D eigenvalue weighted by molar-refractivity contribution is 0.102. The predicted molar refractivity (Wildman–Crippen MR) is 79.5 cm³/mol. The molecule has 0 aromatic heterocycles. The van der Waals surface area contributed by atoms with Gasteiger partial charge in [0.05, 0.1) is 16.9 Å². The smallest absolute Gasteiger partial charge is 0.259 e. The van der Waals surface area contributed by atoms with Gasteiger partial charge in [-0.2, -0.15) is 0 Å². The molecule has 3 rings (SSSR count). The van der Waals surface area contributed by atoms with Crippen LogP contribution in [0.25, 0.3) is 0 Å². The second-order valence-electron chi connectivity index (χ2n) is 4.89. The third kappa shape index (κ3) is 2.67. The summed E-state index contributed by atoms with van der Waals surface area (Å²) >= 11 is 0. The second kappa shape index (κ2) is 5.44. The Hall–Kier alpha value is -2.56. The Labute approximate surface area is 121 Å². The zero-order chi connectivity index (χ0) is 14.8. The van der Waals surface area contributed by atoms with E-state index in [1.807, 2.05) is 13.0 Å². The maximum absolute atomic E-state index is 13.7. The summed E-state index contributed by atoms with van der Waals surface area (Å²) in [7, 11) is 0. The van der Waals surface area contributed by atoms with Crippen LogP contribution in [0.1, 0.15) is 15.9 Å². The Morgan fingerprint density at radius 2 is 2.19 bits per heavy atom. The van der Waals surface area contributed by atoms with E-state index in [1.165, 1.54) is 6.07 Å². The lowest BCUT2D eigenvalue weighted by Gasteiger charge is -2.21. The number of halogens is 1. The average molecular weight is 286 g/mol. The van der Waals surface area contributed by atoms with Gasteiger partial charge < -0.3 is 15.4 Å². The molecule has 1 amide bonds. The average Bonchev–Trinajstić information content (AvgIpc) is 2.50. The molecule has 0 spiro atoms. The van der Waals surface area contributed by atoms with Crippen molar-refractivity contribution in [3.63, 3.8) is 0 Å². The minimum atomic E-state index is -0.460. The number of para-hydroxylation sites is 1. The molecule has 21 heavy (non-hydrogen) atoms. The van der Waals surface area contributed by atoms with E-state index in [-0.39, 0.29) is 11.6 Å². The summed E-state index contributed by atoms with van der Waals surface area (Å²) in [5, 5.41) is 5.76. The monoisotopic (exact) mass is 286 g/mol. The third-order valence-electron chi connectivity index (χ3n) is 3.29. The fraction of sp³-hybridized carbons (Fsp3) is 0.188. The van der Waals surface area contributed by atoms with Gasteiger partial charge in [-0.3, -0.25) is 4.79 Å². The number of hydrogen-bond acceptors (Lipinski definition) is 3. The Kier molecular flexibility index (Phi) is 3.48. The van der Waals surface area contributed by atoms with Crippen molar-refractivity contribution in [2.75, 3.05) is 23.8 Å². The van der Waals surface area contributed by atoms with E-state index in [0.717, 1.165) is 11.3 Å². The number of carbonyl (C=O) groups is 1. The van der Waals surface area contributed by atoms with Gasteiger partial charge in [0, 0.05) is 6.54 Å². The number of hydrogen-bond donors (Lipinski definition) is 2. The van der Waals surface area contributed by atoms with Gasteiger partial charge in [-0.1, -0.05) is 12.1 Å². The van der Waals surface area contributed by atoms with Crippen LogP contribution in [0.5, 0.6) is 5.75 Å². The van der Waals surface area contributed by atoms with Gasteiger partial charge >= 0.3 is 0 Å². The van der Waals surface area contributed by atoms with E-state index in [0.29, 0.717) is 24.5 Å². The van der Waals surface area contributed by atoms with Crippen LogP contribution in [0.2, 0.25) is 0 Å². The molecule has 2 aromatic rings. The standard InChI is InChI=1S/C16H15FN2O2/c1-10-5-6-12(17)14(9-10)19-16(20)11-3-2-4-13-15(11)21-8-7-18-13/h2-6,9,18H,7-8H2,1H3,(H,19,20). The minimum absolute atomic E-state index is 0.168. The van der Waals surface area contributed by atoms with Crippen molar-refractivity contribution in [3.05, 3.63) is 53.3 Å². The summed E-state index contributed by atoms with van der Waals surface area (Å²) in [5.41, 5.74) is 2.21. The molecule has 0 radical (unpaired) electrons. The highest BCUT2D eigenvalue weighted by molar-refractivity contribution is 6.07. The van der Waals surface area contributed by atoms with Crippen LogP contribution < -0.4 is 15.4 Å². The molecule has 0 fully saturated rings. The number of carbonyl (C=O) groups excluding carboxylic acids is 1. The Bertz CT molecular complexity index is 701. The molecular formula is C16H15FN2O2. The first-order valence-electron chi connectivity index (χ1n) is 6.72. The van der Waals surface area contributed by atoms with Crippen molar-refractivity contribution in [2.45, 2.75) is 6.92 Å². The van der Waals surface area contributed by atoms with E-state index in [1.54, 1.807) is 24.3 Å². The lowest BCUT2D eigenvalue weighted by atomic mass is 10.1. The number of fused-ring (bicyclic) bond motifs is 1. The van der Waals surface area contributed by atoms with Gasteiger partial charge in [-0.25, -0.2) is 4.39 Å². The Balaban J connectivity index is 1.91. The maximum atomic E-state index is 13.7. The highest BCUT2D eigenvalue weighted by atomic mass is 19.1. The quantitative estimate of drug-likeness (QED) is 0.891. The van der Waals surface area contributed by atoms with E-state index >= 15 is 0 Å². The molecule has 4 nitrogen and oxygen atoms in total. The summed E-state index contributed by atoms with van der Waals surface area (Å²) in [6.45, 7) is 3.03. The molecule has 2 aromatic carbocycles. The van der Waals surface area contributed by atoms with Crippen molar-refractivity contribution in [2.24, 2.45) is 0 Å². The largest absolute Gasteiger partial charge is 0.489 e. The van der Waals surface area contributed by atoms with Crippen LogP contribution in [0, 0.1) is 12.7 Å². The molecule has 0 atom stereocenters. The van der Waals surface area contributed by atoms with E-state index in [4.69, 9.17) is 4.74 Å². The number of benzene rings is 2. The predicted octanol–water partition coefficient (Wildman–Crippen LogP) is 3.19. The summed E-state index contributed by atoms with van der Waals surface area (Å²) in [6, 6.07) is 9.86. The Morgan fingerprint density at radius 1 is 1.33 bits per heavy atom. The van der Waals surface area contributed by atoms with Crippen molar-refractivity contribution >= 4 is 17.3 Å².